The molecule has 0 saturated carbocycles. The van der Waals surface area contributed by atoms with Crippen LogP contribution in [0.4, 0.5) is 0 Å². The normalized spacial score (nSPS) is 16.7. The number of ether oxygens (including phenoxy) is 1. The van der Waals surface area contributed by atoms with Gasteiger partial charge in [-0.3, -0.25) is 0 Å². The summed E-state index contributed by atoms with van der Waals surface area (Å²) in [6.45, 7) is 4.97. The molecule has 2 aromatic carbocycles. The van der Waals surface area contributed by atoms with E-state index in [2.05, 4.69) is 78.7 Å². The molecule has 3 aromatic rings. The van der Waals surface area contributed by atoms with Crippen molar-refractivity contribution in [2.75, 3.05) is 33.8 Å². The summed E-state index contributed by atoms with van der Waals surface area (Å²) in [7, 11) is 4.18. The monoisotopic (exact) mass is 363 g/mol. The van der Waals surface area contributed by atoms with Crippen molar-refractivity contribution in [1.82, 2.24) is 15.2 Å². The minimum absolute atomic E-state index is 0.212. The Morgan fingerprint density at radius 1 is 1.11 bits per heavy atom. The Kier molecular flexibility index (Phi) is 5.19. The van der Waals surface area contributed by atoms with Crippen LogP contribution < -0.4 is 10.1 Å². The lowest BCUT2D eigenvalue weighted by molar-refractivity contribution is 0.281. The fourth-order valence-corrected chi connectivity index (χ4v) is 3.95. The number of fused-ring (bicyclic) bond motifs is 3. The van der Waals surface area contributed by atoms with Gasteiger partial charge in [-0.1, -0.05) is 23.8 Å². The van der Waals surface area contributed by atoms with Crippen LogP contribution >= 0.6 is 0 Å². The Morgan fingerprint density at radius 2 is 1.93 bits per heavy atom. The molecule has 0 radical (unpaired) electrons. The second-order valence-corrected chi connectivity index (χ2v) is 7.78. The van der Waals surface area contributed by atoms with E-state index in [-0.39, 0.29) is 6.04 Å². The average molecular weight is 364 g/mol. The van der Waals surface area contributed by atoms with Crippen molar-refractivity contribution < 1.29 is 4.74 Å². The molecule has 1 atom stereocenters. The van der Waals surface area contributed by atoms with Gasteiger partial charge in [0.1, 0.15) is 5.75 Å². The van der Waals surface area contributed by atoms with E-state index in [0.717, 1.165) is 38.3 Å². The Bertz CT molecular complexity index is 911. The number of aromatic amines is 1. The fraction of sp³-hybridized carbons (Fsp3) is 0.391. The smallest absolute Gasteiger partial charge is 0.119 e. The Labute approximate surface area is 161 Å². The van der Waals surface area contributed by atoms with Gasteiger partial charge in [-0.05, 0) is 69.3 Å². The number of nitrogens with zero attached hydrogens (tertiary/aromatic N) is 1. The zero-order valence-electron chi connectivity index (χ0n) is 16.5. The van der Waals surface area contributed by atoms with Gasteiger partial charge in [0.2, 0.25) is 0 Å². The molecule has 0 aliphatic carbocycles. The summed E-state index contributed by atoms with van der Waals surface area (Å²) in [5.41, 5.74) is 6.60. The second kappa shape index (κ2) is 7.75. The molecule has 0 bridgehead atoms. The number of benzene rings is 2. The SMILES string of the molecule is Cc1ccc2[nH]c3c(c2c1)CCNC3c1ccc(OCCCN(C)C)cc1. The fourth-order valence-electron chi connectivity index (χ4n) is 3.95. The van der Waals surface area contributed by atoms with Crippen molar-refractivity contribution in [3.63, 3.8) is 0 Å². The maximum atomic E-state index is 5.87. The van der Waals surface area contributed by atoms with E-state index < -0.39 is 0 Å². The first-order valence-corrected chi connectivity index (χ1v) is 9.84. The molecule has 4 nitrogen and oxygen atoms in total. The zero-order valence-corrected chi connectivity index (χ0v) is 16.5. The first-order chi connectivity index (χ1) is 13.1. The summed E-state index contributed by atoms with van der Waals surface area (Å²) in [6.07, 6.45) is 2.11. The molecule has 4 heteroatoms. The van der Waals surface area contributed by atoms with Crippen LogP contribution in [0, 0.1) is 6.92 Å². The predicted octanol–water partition coefficient (Wildman–Crippen LogP) is 4.04. The number of H-pyrrole nitrogens is 1. The molecule has 0 amide bonds. The van der Waals surface area contributed by atoms with Crippen LogP contribution in [0.15, 0.2) is 42.5 Å². The third-order valence-electron chi connectivity index (χ3n) is 5.34. The summed E-state index contributed by atoms with van der Waals surface area (Å²) in [6, 6.07) is 15.4. The van der Waals surface area contributed by atoms with E-state index in [1.54, 1.807) is 0 Å². The number of hydrogen-bond acceptors (Lipinski definition) is 3. The highest BCUT2D eigenvalue weighted by atomic mass is 16.5. The Balaban J connectivity index is 1.52. The van der Waals surface area contributed by atoms with E-state index in [0.29, 0.717) is 0 Å². The van der Waals surface area contributed by atoms with Crippen LogP contribution in [0.5, 0.6) is 5.75 Å². The minimum atomic E-state index is 0.212. The summed E-state index contributed by atoms with van der Waals surface area (Å²) in [4.78, 5) is 5.84. The lowest BCUT2D eigenvalue weighted by Gasteiger charge is -2.25. The van der Waals surface area contributed by atoms with Gasteiger partial charge in [-0.15, -0.1) is 0 Å². The molecule has 0 fully saturated rings. The molecule has 142 valence electrons. The standard InChI is InChI=1S/C23H29N3O/c1-16-5-10-21-20(15-16)19-11-12-24-22(23(19)25-21)17-6-8-18(9-7-17)27-14-4-13-26(2)3/h5-10,15,22,24-25H,4,11-14H2,1-3H3. The van der Waals surface area contributed by atoms with E-state index in [1.807, 2.05) is 0 Å². The highest BCUT2D eigenvalue weighted by Crippen LogP contribution is 2.34. The van der Waals surface area contributed by atoms with Gasteiger partial charge in [0.25, 0.3) is 0 Å². The number of rotatable bonds is 6. The van der Waals surface area contributed by atoms with Gasteiger partial charge < -0.3 is 19.9 Å². The molecule has 2 heterocycles. The number of aryl methyl sites for hydroxylation is 1. The second-order valence-electron chi connectivity index (χ2n) is 7.78. The maximum Gasteiger partial charge on any atom is 0.119 e. The third-order valence-corrected chi connectivity index (χ3v) is 5.34. The molecule has 27 heavy (non-hydrogen) atoms. The molecule has 1 aliphatic heterocycles. The number of nitrogens with one attached hydrogen (secondary N) is 2. The van der Waals surface area contributed by atoms with Crippen molar-refractivity contribution in [3.05, 3.63) is 64.8 Å². The zero-order chi connectivity index (χ0) is 18.8. The van der Waals surface area contributed by atoms with Gasteiger partial charge in [0, 0.05) is 29.7 Å². The maximum absolute atomic E-state index is 5.87. The molecule has 1 aromatic heterocycles. The van der Waals surface area contributed by atoms with E-state index >= 15 is 0 Å². The van der Waals surface area contributed by atoms with Gasteiger partial charge >= 0.3 is 0 Å². The first kappa shape index (κ1) is 18.1. The summed E-state index contributed by atoms with van der Waals surface area (Å²) in [5.74, 6) is 0.945. The number of aromatic nitrogens is 1. The summed E-state index contributed by atoms with van der Waals surface area (Å²) in [5, 5.41) is 5.05. The molecular formula is C23H29N3O. The molecule has 1 unspecified atom stereocenters. The van der Waals surface area contributed by atoms with Crippen molar-refractivity contribution in [2.45, 2.75) is 25.8 Å². The van der Waals surface area contributed by atoms with Crippen LogP contribution in [0.3, 0.4) is 0 Å². The average Bonchev–Trinajstić information content (AvgIpc) is 3.03. The van der Waals surface area contributed by atoms with Gasteiger partial charge in [0.15, 0.2) is 0 Å². The van der Waals surface area contributed by atoms with E-state index in [1.165, 1.54) is 33.3 Å². The van der Waals surface area contributed by atoms with Crippen LogP contribution in [0.25, 0.3) is 10.9 Å². The van der Waals surface area contributed by atoms with Gasteiger partial charge in [-0.2, -0.15) is 0 Å². The van der Waals surface area contributed by atoms with Crippen molar-refractivity contribution in [2.24, 2.45) is 0 Å². The largest absolute Gasteiger partial charge is 0.494 e. The van der Waals surface area contributed by atoms with Crippen LogP contribution in [0.1, 0.15) is 34.8 Å². The quantitative estimate of drug-likeness (QED) is 0.649. The molecular weight excluding hydrogens is 334 g/mol. The van der Waals surface area contributed by atoms with Crippen LogP contribution in [-0.4, -0.2) is 43.7 Å². The summed E-state index contributed by atoms with van der Waals surface area (Å²) < 4.78 is 5.87. The molecule has 0 saturated heterocycles. The third kappa shape index (κ3) is 3.87. The van der Waals surface area contributed by atoms with Crippen molar-refractivity contribution >= 4 is 10.9 Å². The van der Waals surface area contributed by atoms with Crippen molar-refractivity contribution in [3.8, 4) is 5.75 Å². The highest BCUT2D eigenvalue weighted by molar-refractivity contribution is 5.86. The van der Waals surface area contributed by atoms with E-state index in [9.17, 15) is 0 Å². The summed E-state index contributed by atoms with van der Waals surface area (Å²) >= 11 is 0. The molecule has 2 N–H and O–H groups in total. The molecule has 4 rings (SSSR count). The molecule has 0 spiro atoms. The van der Waals surface area contributed by atoms with Crippen molar-refractivity contribution in [1.29, 1.82) is 0 Å². The Morgan fingerprint density at radius 3 is 2.70 bits per heavy atom. The predicted molar refractivity (Wildman–Crippen MR) is 112 cm³/mol. The first-order valence-electron chi connectivity index (χ1n) is 9.84. The topological polar surface area (TPSA) is 40.3 Å². The minimum Gasteiger partial charge on any atom is -0.494 e. The van der Waals surface area contributed by atoms with Crippen LogP contribution in [0.2, 0.25) is 0 Å². The lowest BCUT2D eigenvalue weighted by atomic mass is 9.94. The lowest BCUT2D eigenvalue weighted by Crippen LogP contribution is -2.30. The van der Waals surface area contributed by atoms with Gasteiger partial charge in [0.05, 0.1) is 12.6 Å². The van der Waals surface area contributed by atoms with E-state index in [4.69, 9.17) is 4.74 Å². The van der Waals surface area contributed by atoms with Crippen LogP contribution in [-0.2, 0) is 6.42 Å². The molecule has 1 aliphatic rings. The highest BCUT2D eigenvalue weighted by Gasteiger charge is 2.25. The van der Waals surface area contributed by atoms with Gasteiger partial charge in [-0.25, -0.2) is 0 Å². The Hall–Kier alpha value is -2.30. The number of hydrogen-bond donors (Lipinski definition) is 2.